The Bertz CT molecular complexity index is 263. The van der Waals surface area contributed by atoms with Gasteiger partial charge < -0.3 is 5.32 Å². The van der Waals surface area contributed by atoms with Crippen LogP contribution in [0.2, 0.25) is 5.02 Å². The number of rotatable bonds is 5. The molecule has 0 aliphatic rings. The van der Waals surface area contributed by atoms with E-state index in [2.05, 4.69) is 25.2 Å². The highest BCUT2D eigenvalue weighted by molar-refractivity contribution is 6.30. The van der Waals surface area contributed by atoms with E-state index in [1.54, 1.807) is 0 Å². The monoisotopic (exact) mass is 211 g/mol. The van der Waals surface area contributed by atoms with Crippen molar-refractivity contribution in [2.75, 3.05) is 6.54 Å². The molecule has 0 aliphatic heterocycles. The molecule has 0 atom stereocenters. The Labute approximate surface area is 91.5 Å². The van der Waals surface area contributed by atoms with Crippen LogP contribution in [0.15, 0.2) is 18.2 Å². The summed E-state index contributed by atoms with van der Waals surface area (Å²) >= 11 is 5.96. The van der Waals surface area contributed by atoms with Gasteiger partial charge in [-0.3, -0.25) is 0 Å². The zero-order chi connectivity index (χ0) is 10.4. The molecule has 0 saturated heterocycles. The van der Waals surface area contributed by atoms with Crippen LogP contribution in [0.25, 0.3) is 0 Å². The van der Waals surface area contributed by atoms with Crippen molar-refractivity contribution in [3.8, 4) is 0 Å². The van der Waals surface area contributed by atoms with E-state index in [0.717, 1.165) is 18.1 Å². The molecule has 1 nitrogen and oxygen atoms in total. The lowest BCUT2D eigenvalue weighted by molar-refractivity contribution is 0.641. The molecule has 2 heteroatoms. The standard InChI is InChI=1S/C12H18ClN/c1-3-4-5-14-9-11-6-10(2)7-12(13)8-11/h6-8,14H,3-5,9H2,1-2H3. The van der Waals surface area contributed by atoms with Crippen LogP contribution in [0, 0.1) is 6.92 Å². The van der Waals surface area contributed by atoms with Crippen LogP contribution in [-0.4, -0.2) is 6.54 Å². The molecule has 14 heavy (non-hydrogen) atoms. The fraction of sp³-hybridized carbons (Fsp3) is 0.500. The van der Waals surface area contributed by atoms with Crippen molar-refractivity contribution in [1.82, 2.24) is 5.32 Å². The van der Waals surface area contributed by atoms with Crippen LogP contribution < -0.4 is 5.32 Å². The zero-order valence-corrected chi connectivity index (χ0v) is 9.69. The van der Waals surface area contributed by atoms with E-state index >= 15 is 0 Å². The number of hydrogen-bond donors (Lipinski definition) is 1. The normalized spacial score (nSPS) is 10.5. The van der Waals surface area contributed by atoms with E-state index in [1.165, 1.54) is 24.0 Å². The highest BCUT2D eigenvalue weighted by atomic mass is 35.5. The molecule has 0 aliphatic carbocycles. The summed E-state index contributed by atoms with van der Waals surface area (Å²) in [6.07, 6.45) is 2.47. The third-order valence-corrected chi connectivity index (χ3v) is 2.36. The van der Waals surface area contributed by atoms with Crippen molar-refractivity contribution in [2.24, 2.45) is 0 Å². The van der Waals surface area contributed by atoms with E-state index in [1.807, 2.05) is 12.1 Å². The molecule has 1 aromatic rings. The van der Waals surface area contributed by atoms with Crippen LogP contribution in [0.4, 0.5) is 0 Å². The SMILES string of the molecule is CCCCNCc1cc(C)cc(Cl)c1. The summed E-state index contributed by atoms with van der Waals surface area (Å²) in [6.45, 7) is 6.27. The molecule has 1 rings (SSSR count). The Morgan fingerprint density at radius 3 is 2.71 bits per heavy atom. The van der Waals surface area contributed by atoms with E-state index in [4.69, 9.17) is 11.6 Å². The van der Waals surface area contributed by atoms with Gasteiger partial charge in [-0.05, 0) is 43.1 Å². The van der Waals surface area contributed by atoms with Crippen molar-refractivity contribution in [2.45, 2.75) is 33.2 Å². The molecular weight excluding hydrogens is 194 g/mol. The van der Waals surface area contributed by atoms with Gasteiger partial charge in [0.2, 0.25) is 0 Å². The number of unbranched alkanes of at least 4 members (excludes halogenated alkanes) is 1. The molecule has 1 N–H and O–H groups in total. The molecule has 0 saturated carbocycles. The Morgan fingerprint density at radius 2 is 2.07 bits per heavy atom. The van der Waals surface area contributed by atoms with Crippen LogP contribution in [0.3, 0.4) is 0 Å². The predicted octanol–water partition coefficient (Wildman–Crippen LogP) is 3.54. The molecule has 0 amide bonds. The fourth-order valence-electron chi connectivity index (χ4n) is 1.45. The van der Waals surface area contributed by atoms with Crippen molar-refractivity contribution in [3.05, 3.63) is 34.3 Å². The topological polar surface area (TPSA) is 12.0 Å². The van der Waals surface area contributed by atoms with Crippen LogP contribution >= 0.6 is 11.6 Å². The summed E-state index contributed by atoms with van der Waals surface area (Å²) in [5, 5.41) is 4.23. The van der Waals surface area contributed by atoms with E-state index in [-0.39, 0.29) is 0 Å². The number of benzene rings is 1. The molecule has 0 radical (unpaired) electrons. The lowest BCUT2D eigenvalue weighted by Crippen LogP contribution is -2.14. The fourth-order valence-corrected chi connectivity index (χ4v) is 1.76. The molecule has 78 valence electrons. The molecule has 0 fully saturated rings. The number of aryl methyl sites for hydroxylation is 1. The van der Waals surface area contributed by atoms with Crippen molar-refractivity contribution in [1.29, 1.82) is 0 Å². The summed E-state index contributed by atoms with van der Waals surface area (Å²) in [6, 6.07) is 6.18. The van der Waals surface area contributed by atoms with Gasteiger partial charge in [-0.2, -0.15) is 0 Å². The van der Waals surface area contributed by atoms with E-state index in [0.29, 0.717) is 0 Å². The summed E-state index contributed by atoms with van der Waals surface area (Å²) < 4.78 is 0. The lowest BCUT2D eigenvalue weighted by atomic mass is 10.1. The highest BCUT2D eigenvalue weighted by Crippen LogP contribution is 2.14. The van der Waals surface area contributed by atoms with Gasteiger partial charge in [0.05, 0.1) is 0 Å². The second-order valence-electron chi connectivity index (χ2n) is 3.67. The number of hydrogen-bond acceptors (Lipinski definition) is 1. The summed E-state index contributed by atoms with van der Waals surface area (Å²) in [7, 11) is 0. The van der Waals surface area contributed by atoms with Gasteiger partial charge >= 0.3 is 0 Å². The third-order valence-electron chi connectivity index (χ3n) is 2.14. The van der Waals surface area contributed by atoms with Gasteiger partial charge in [-0.25, -0.2) is 0 Å². The quantitative estimate of drug-likeness (QED) is 0.735. The van der Waals surface area contributed by atoms with Crippen molar-refractivity contribution in [3.63, 3.8) is 0 Å². The van der Waals surface area contributed by atoms with Gasteiger partial charge in [-0.15, -0.1) is 0 Å². The first-order valence-corrected chi connectivity index (χ1v) is 5.57. The Kier molecular flexibility index (Phi) is 4.99. The number of nitrogens with one attached hydrogen (secondary N) is 1. The molecular formula is C12H18ClN. The molecule has 0 heterocycles. The second kappa shape index (κ2) is 6.05. The zero-order valence-electron chi connectivity index (χ0n) is 8.94. The van der Waals surface area contributed by atoms with Crippen molar-refractivity contribution >= 4 is 11.6 Å². The minimum atomic E-state index is 0.831. The predicted molar refractivity (Wildman–Crippen MR) is 62.8 cm³/mol. The molecule has 0 unspecified atom stereocenters. The smallest absolute Gasteiger partial charge is 0.0411 e. The molecule has 0 bridgehead atoms. The maximum Gasteiger partial charge on any atom is 0.0411 e. The highest BCUT2D eigenvalue weighted by Gasteiger charge is 1.96. The van der Waals surface area contributed by atoms with Gasteiger partial charge in [0.15, 0.2) is 0 Å². The van der Waals surface area contributed by atoms with Gasteiger partial charge in [-0.1, -0.05) is 31.0 Å². The minimum Gasteiger partial charge on any atom is -0.313 e. The average molecular weight is 212 g/mol. The van der Waals surface area contributed by atoms with Crippen LogP contribution in [0.1, 0.15) is 30.9 Å². The van der Waals surface area contributed by atoms with Gasteiger partial charge in [0.25, 0.3) is 0 Å². The lowest BCUT2D eigenvalue weighted by Gasteiger charge is -2.05. The summed E-state index contributed by atoms with van der Waals surface area (Å²) in [5.74, 6) is 0. The Morgan fingerprint density at radius 1 is 1.29 bits per heavy atom. The van der Waals surface area contributed by atoms with Crippen LogP contribution in [-0.2, 0) is 6.54 Å². The maximum absolute atomic E-state index is 5.96. The summed E-state index contributed by atoms with van der Waals surface area (Å²) in [5.41, 5.74) is 2.50. The Balaban J connectivity index is 2.42. The maximum atomic E-state index is 5.96. The summed E-state index contributed by atoms with van der Waals surface area (Å²) in [4.78, 5) is 0. The van der Waals surface area contributed by atoms with Crippen LogP contribution in [0.5, 0.6) is 0 Å². The molecule has 0 aromatic heterocycles. The first-order chi connectivity index (χ1) is 6.72. The minimum absolute atomic E-state index is 0.831. The van der Waals surface area contributed by atoms with E-state index < -0.39 is 0 Å². The Hall–Kier alpha value is -0.530. The molecule has 1 aromatic carbocycles. The average Bonchev–Trinajstić information content (AvgIpc) is 2.11. The van der Waals surface area contributed by atoms with Gasteiger partial charge in [0.1, 0.15) is 0 Å². The second-order valence-corrected chi connectivity index (χ2v) is 4.10. The third kappa shape index (κ3) is 4.12. The first kappa shape index (κ1) is 11.5. The first-order valence-electron chi connectivity index (χ1n) is 5.19. The molecule has 0 spiro atoms. The largest absolute Gasteiger partial charge is 0.313 e. The van der Waals surface area contributed by atoms with E-state index in [9.17, 15) is 0 Å². The van der Waals surface area contributed by atoms with Crippen molar-refractivity contribution < 1.29 is 0 Å². The number of halogens is 1. The van der Waals surface area contributed by atoms with Gasteiger partial charge in [0, 0.05) is 11.6 Å².